The normalized spacial score (nSPS) is 22.8. The van der Waals surface area contributed by atoms with Gasteiger partial charge in [0.15, 0.2) is 0 Å². The van der Waals surface area contributed by atoms with Crippen molar-refractivity contribution in [1.29, 1.82) is 0 Å². The van der Waals surface area contributed by atoms with Crippen LogP contribution in [0.3, 0.4) is 0 Å². The van der Waals surface area contributed by atoms with Gasteiger partial charge in [0.1, 0.15) is 0 Å². The van der Waals surface area contributed by atoms with Gasteiger partial charge in [0.2, 0.25) is 11.8 Å². The number of carbonyl (C=O) groups excluding carboxylic acids is 2. The predicted octanol–water partition coefficient (Wildman–Crippen LogP) is 3.22. The first-order chi connectivity index (χ1) is 11.1. The van der Waals surface area contributed by atoms with Gasteiger partial charge in [-0.2, -0.15) is 0 Å². The van der Waals surface area contributed by atoms with Crippen molar-refractivity contribution in [3.63, 3.8) is 0 Å². The molecule has 23 heavy (non-hydrogen) atoms. The van der Waals surface area contributed by atoms with E-state index in [0.717, 1.165) is 43.6 Å². The number of piperidine rings is 1. The van der Waals surface area contributed by atoms with E-state index in [-0.39, 0.29) is 23.1 Å². The average Bonchev–Trinajstić information content (AvgIpc) is 3.29. The molecule has 1 aromatic carbocycles. The lowest BCUT2D eigenvalue weighted by Gasteiger charge is -2.33. The molecular weight excluding hydrogens is 288 g/mol. The topological polar surface area (TPSA) is 49.4 Å². The summed E-state index contributed by atoms with van der Waals surface area (Å²) in [4.78, 5) is 26.5. The Balaban J connectivity index is 1.54. The molecule has 1 atom stereocenters. The number of para-hydroxylation sites is 1. The van der Waals surface area contributed by atoms with Crippen molar-refractivity contribution in [3.05, 3.63) is 42.0 Å². The number of hydrogen-bond donors (Lipinski definition) is 1. The number of rotatable bonds is 3. The van der Waals surface area contributed by atoms with E-state index in [1.807, 2.05) is 55.2 Å². The fraction of sp³-hybridized carbons (Fsp3) is 0.474. The lowest BCUT2D eigenvalue weighted by atomic mass is 9.90. The van der Waals surface area contributed by atoms with Gasteiger partial charge in [0.05, 0.1) is 0 Å². The minimum absolute atomic E-state index is 0.0998. The number of allylic oxidation sites excluding steroid dienone is 1. The van der Waals surface area contributed by atoms with Crippen LogP contribution in [0.5, 0.6) is 0 Å². The lowest BCUT2D eigenvalue weighted by Crippen LogP contribution is -2.40. The Bertz CT molecular complexity index is 628. The Morgan fingerprint density at radius 3 is 2.48 bits per heavy atom. The highest BCUT2D eigenvalue weighted by molar-refractivity contribution is 5.95. The van der Waals surface area contributed by atoms with E-state index in [1.54, 1.807) is 0 Å². The average molecular weight is 312 g/mol. The molecule has 0 aromatic heterocycles. The number of hydrogen-bond acceptors (Lipinski definition) is 2. The number of nitrogens with one attached hydrogen (secondary N) is 1. The molecule has 1 saturated carbocycles. The van der Waals surface area contributed by atoms with Crippen molar-refractivity contribution >= 4 is 17.5 Å². The van der Waals surface area contributed by atoms with Gasteiger partial charge in [0, 0.05) is 30.3 Å². The van der Waals surface area contributed by atoms with Crippen LogP contribution in [0.25, 0.3) is 0 Å². The number of anilines is 1. The van der Waals surface area contributed by atoms with Crippen LogP contribution in [0.2, 0.25) is 0 Å². The van der Waals surface area contributed by atoms with Gasteiger partial charge in [-0.1, -0.05) is 24.3 Å². The Labute approximate surface area is 137 Å². The number of benzene rings is 1. The van der Waals surface area contributed by atoms with Crippen molar-refractivity contribution in [3.8, 4) is 0 Å². The molecule has 1 aliphatic carbocycles. The lowest BCUT2D eigenvalue weighted by molar-refractivity contribution is -0.128. The third-order valence-corrected chi connectivity index (χ3v) is 5.36. The standard InChI is InChI=1S/C19H24N2O2/c1-3-14(2)18(23)21-11-9-19(10-12-21)13-16(19)17(22)20-15-7-5-4-6-8-15/h3-8,16H,9-13H2,1-2H3,(H,20,22). The highest BCUT2D eigenvalue weighted by atomic mass is 16.2. The van der Waals surface area contributed by atoms with Crippen LogP contribution in [-0.2, 0) is 9.59 Å². The Morgan fingerprint density at radius 1 is 1.22 bits per heavy atom. The molecule has 1 heterocycles. The maximum Gasteiger partial charge on any atom is 0.249 e. The maximum atomic E-state index is 12.4. The minimum Gasteiger partial charge on any atom is -0.339 e. The van der Waals surface area contributed by atoms with E-state index in [2.05, 4.69) is 5.32 Å². The fourth-order valence-corrected chi connectivity index (χ4v) is 3.55. The molecule has 0 bridgehead atoms. The van der Waals surface area contributed by atoms with Crippen LogP contribution < -0.4 is 5.32 Å². The van der Waals surface area contributed by atoms with E-state index in [0.29, 0.717) is 0 Å². The van der Waals surface area contributed by atoms with Crippen LogP contribution in [0.15, 0.2) is 42.0 Å². The Morgan fingerprint density at radius 2 is 1.87 bits per heavy atom. The molecule has 4 heteroatoms. The number of likely N-dealkylation sites (tertiary alicyclic amines) is 1. The van der Waals surface area contributed by atoms with E-state index < -0.39 is 0 Å². The zero-order valence-electron chi connectivity index (χ0n) is 13.8. The smallest absolute Gasteiger partial charge is 0.249 e. The molecular formula is C19H24N2O2. The third-order valence-electron chi connectivity index (χ3n) is 5.36. The van der Waals surface area contributed by atoms with E-state index in [4.69, 9.17) is 0 Å². The molecule has 1 N–H and O–H groups in total. The zero-order valence-corrected chi connectivity index (χ0v) is 13.8. The molecule has 2 fully saturated rings. The molecule has 1 unspecified atom stereocenters. The first-order valence-electron chi connectivity index (χ1n) is 8.34. The summed E-state index contributed by atoms with van der Waals surface area (Å²) in [5.74, 6) is 0.358. The second kappa shape index (κ2) is 6.19. The van der Waals surface area contributed by atoms with Crippen LogP contribution in [0.1, 0.15) is 33.1 Å². The highest BCUT2D eigenvalue weighted by Gasteiger charge is 2.58. The molecule has 0 radical (unpaired) electrons. The van der Waals surface area contributed by atoms with Crippen LogP contribution in [0.4, 0.5) is 5.69 Å². The van der Waals surface area contributed by atoms with Gasteiger partial charge in [-0.05, 0) is 50.7 Å². The van der Waals surface area contributed by atoms with Crippen molar-refractivity contribution in [1.82, 2.24) is 4.90 Å². The number of amides is 2. The van der Waals surface area contributed by atoms with Gasteiger partial charge in [-0.15, -0.1) is 0 Å². The van der Waals surface area contributed by atoms with Gasteiger partial charge >= 0.3 is 0 Å². The number of carbonyl (C=O) groups is 2. The van der Waals surface area contributed by atoms with E-state index >= 15 is 0 Å². The summed E-state index contributed by atoms with van der Waals surface area (Å²) in [5, 5.41) is 3.01. The van der Waals surface area contributed by atoms with Crippen molar-refractivity contribution in [2.75, 3.05) is 18.4 Å². The van der Waals surface area contributed by atoms with Gasteiger partial charge in [-0.3, -0.25) is 9.59 Å². The monoisotopic (exact) mass is 312 g/mol. The summed E-state index contributed by atoms with van der Waals surface area (Å²) in [6.07, 6.45) is 4.68. The summed E-state index contributed by atoms with van der Waals surface area (Å²) in [5.41, 5.74) is 1.78. The van der Waals surface area contributed by atoms with E-state index in [1.165, 1.54) is 0 Å². The number of nitrogens with zero attached hydrogens (tertiary/aromatic N) is 1. The summed E-state index contributed by atoms with van der Waals surface area (Å²) >= 11 is 0. The quantitative estimate of drug-likeness (QED) is 0.871. The first-order valence-corrected chi connectivity index (χ1v) is 8.34. The molecule has 1 saturated heterocycles. The van der Waals surface area contributed by atoms with Crippen LogP contribution >= 0.6 is 0 Å². The minimum atomic E-state index is 0.0998. The summed E-state index contributed by atoms with van der Waals surface area (Å²) < 4.78 is 0. The Hall–Kier alpha value is -2.10. The second-order valence-corrected chi connectivity index (χ2v) is 6.74. The van der Waals surface area contributed by atoms with Gasteiger partial charge in [-0.25, -0.2) is 0 Å². The molecule has 2 aliphatic rings. The zero-order chi connectivity index (χ0) is 16.4. The summed E-state index contributed by atoms with van der Waals surface area (Å²) in [6.45, 7) is 5.28. The van der Waals surface area contributed by atoms with Crippen molar-refractivity contribution in [2.45, 2.75) is 33.1 Å². The maximum absolute atomic E-state index is 12.4. The van der Waals surface area contributed by atoms with Crippen LogP contribution in [0, 0.1) is 11.3 Å². The predicted molar refractivity (Wildman–Crippen MR) is 90.9 cm³/mol. The molecule has 2 amide bonds. The van der Waals surface area contributed by atoms with E-state index in [9.17, 15) is 9.59 Å². The SMILES string of the molecule is CC=C(C)C(=O)N1CCC2(CC1)CC2C(=O)Nc1ccccc1. The third kappa shape index (κ3) is 3.16. The molecule has 1 aliphatic heterocycles. The van der Waals surface area contributed by atoms with Gasteiger partial charge in [0.25, 0.3) is 0 Å². The van der Waals surface area contributed by atoms with Gasteiger partial charge < -0.3 is 10.2 Å². The molecule has 3 rings (SSSR count). The first kappa shape index (κ1) is 15.8. The largest absolute Gasteiger partial charge is 0.339 e. The fourth-order valence-electron chi connectivity index (χ4n) is 3.55. The highest BCUT2D eigenvalue weighted by Crippen LogP contribution is 2.59. The molecule has 4 nitrogen and oxygen atoms in total. The molecule has 1 spiro atoms. The summed E-state index contributed by atoms with van der Waals surface area (Å²) in [6, 6.07) is 9.60. The van der Waals surface area contributed by atoms with Crippen molar-refractivity contribution < 1.29 is 9.59 Å². The van der Waals surface area contributed by atoms with Crippen molar-refractivity contribution in [2.24, 2.45) is 11.3 Å². The Kier molecular flexibility index (Phi) is 4.24. The van der Waals surface area contributed by atoms with Crippen LogP contribution in [-0.4, -0.2) is 29.8 Å². The second-order valence-electron chi connectivity index (χ2n) is 6.74. The molecule has 122 valence electrons. The molecule has 1 aromatic rings. The summed E-state index contributed by atoms with van der Waals surface area (Å²) in [7, 11) is 0.